The zero-order chi connectivity index (χ0) is 14.8. The number of hydrogen-bond donors (Lipinski definition) is 1. The van der Waals surface area contributed by atoms with Gasteiger partial charge in [0, 0.05) is 36.3 Å². The maximum atomic E-state index is 12.4. The normalized spacial score (nSPS) is 18.0. The third kappa shape index (κ3) is 3.08. The molecule has 0 saturated carbocycles. The number of amides is 1. The Hall–Kier alpha value is -1.88. The SMILES string of the molecule is Cc1ccc(C(=O)NC2CCN(c3nccs3)C2)c(C)c1. The molecule has 1 fully saturated rings. The van der Waals surface area contributed by atoms with Crippen LogP contribution in [0.25, 0.3) is 0 Å². The lowest BCUT2D eigenvalue weighted by molar-refractivity contribution is 0.0940. The fourth-order valence-corrected chi connectivity index (χ4v) is 3.44. The molecule has 1 aliphatic heterocycles. The number of thiazole rings is 1. The zero-order valence-corrected chi connectivity index (χ0v) is 13.1. The maximum absolute atomic E-state index is 12.4. The van der Waals surface area contributed by atoms with Crippen molar-refractivity contribution in [3.8, 4) is 0 Å². The molecule has 1 N–H and O–H groups in total. The van der Waals surface area contributed by atoms with Crippen molar-refractivity contribution >= 4 is 22.4 Å². The first-order valence-electron chi connectivity index (χ1n) is 7.16. The number of nitrogens with one attached hydrogen (secondary N) is 1. The van der Waals surface area contributed by atoms with Crippen molar-refractivity contribution in [2.45, 2.75) is 26.3 Å². The first kappa shape index (κ1) is 14.1. The highest BCUT2D eigenvalue weighted by atomic mass is 32.1. The Kier molecular flexibility index (Phi) is 3.92. The topological polar surface area (TPSA) is 45.2 Å². The van der Waals surface area contributed by atoms with E-state index in [0.29, 0.717) is 0 Å². The lowest BCUT2D eigenvalue weighted by atomic mass is 10.0. The van der Waals surface area contributed by atoms with E-state index in [1.165, 1.54) is 5.56 Å². The molecule has 4 nitrogen and oxygen atoms in total. The second-order valence-corrected chi connectivity index (χ2v) is 6.41. The predicted molar refractivity (Wildman–Crippen MR) is 86.1 cm³/mol. The third-order valence-electron chi connectivity index (χ3n) is 3.84. The van der Waals surface area contributed by atoms with Gasteiger partial charge in [-0.05, 0) is 31.9 Å². The van der Waals surface area contributed by atoms with E-state index >= 15 is 0 Å². The summed E-state index contributed by atoms with van der Waals surface area (Å²) in [5.41, 5.74) is 2.98. The van der Waals surface area contributed by atoms with Crippen LogP contribution >= 0.6 is 11.3 Å². The second-order valence-electron chi connectivity index (χ2n) is 5.54. The molecule has 1 amide bonds. The summed E-state index contributed by atoms with van der Waals surface area (Å²) in [6, 6.07) is 6.14. The van der Waals surface area contributed by atoms with Crippen molar-refractivity contribution in [1.29, 1.82) is 0 Å². The molecule has 0 radical (unpaired) electrons. The molecule has 1 unspecified atom stereocenters. The van der Waals surface area contributed by atoms with Crippen LogP contribution < -0.4 is 10.2 Å². The standard InChI is InChI=1S/C16H19N3OS/c1-11-3-4-14(12(2)9-11)15(20)18-13-5-7-19(10-13)16-17-6-8-21-16/h3-4,6,8-9,13H,5,7,10H2,1-2H3,(H,18,20). The van der Waals surface area contributed by atoms with Gasteiger partial charge in [-0.25, -0.2) is 4.98 Å². The Bertz CT molecular complexity index is 639. The van der Waals surface area contributed by atoms with Crippen molar-refractivity contribution in [3.63, 3.8) is 0 Å². The summed E-state index contributed by atoms with van der Waals surface area (Å²) in [6.45, 7) is 5.81. The van der Waals surface area contributed by atoms with E-state index in [1.807, 2.05) is 43.6 Å². The van der Waals surface area contributed by atoms with Gasteiger partial charge in [0.25, 0.3) is 5.91 Å². The molecule has 0 aliphatic carbocycles. The molecular weight excluding hydrogens is 282 g/mol. The van der Waals surface area contributed by atoms with Crippen molar-refractivity contribution in [2.75, 3.05) is 18.0 Å². The van der Waals surface area contributed by atoms with Crippen LogP contribution in [0.4, 0.5) is 5.13 Å². The lowest BCUT2D eigenvalue weighted by Gasteiger charge is -2.16. The van der Waals surface area contributed by atoms with Crippen LogP contribution in [0, 0.1) is 13.8 Å². The summed E-state index contributed by atoms with van der Waals surface area (Å²) >= 11 is 1.64. The Balaban J connectivity index is 1.63. The minimum absolute atomic E-state index is 0.0264. The molecule has 1 saturated heterocycles. The van der Waals surface area contributed by atoms with Gasteiger partial charge in [0.15, 0.2) is 5.13 Å². The molecule has 2 heterocycles. The van der Waals surface area contributed by atoms with Crippen LogP contribution in [-0.2, 0) is 0 Å². The van der Waals surface area contributed by atoms with Gasteiger partial charge in [0.05, 0.1) is 0 Å². The Morgan fingerprint density at radius 2 is 2.29 bits per heavy atom. The number of aryl methyl sites for hydroxylation is 2. The summed E-state index contributed by atoms with van der Waals surface area (Å²) < 4.78 is 0. The minimum Gasteiger partial charge on any atom is -0.347 e. The van der Waals surface area contributed by atoms with E-state index in [-0.39, 0.29) is 11.9 Å². The van der Waals surface area contributed by atoms with Gasteiger partial charge in [0.1, 0.15) is 0 Å². The van der Waals surface area contributed by atoms with Gasteiger partial charge in [-0.1, -0.05) is 17.7 Å². The van der Waals surface area contributed by atoms with E-state index in [4.69, 9.17) is 0 Å². The average molecular weight is 301 g/mol. The van der Waals surface area contributed by atoms with Crippen molar-refractivity contribution in [2.24, 2.45) is 0 Å². The molecular formula is C16H19N3OS. The molecule has 1 aromatic heterocycles. The smallest absolute Gasteiger partial charge is 0.251 e. The first-order chi connectivity index (χ1) is 10.1. The predicted octanol–water partition coefficient (Wildman–Crippen LogP) is 2.77. The molecule has 1 aliphatic rings. The number of carbonyl (C=O) groups is 1. The highest BCUT2D eigenvalue weighted by Crippen LogP contribution is 2.22. The molecule has 21 heavy (non-hydrogen) atoms. The van der Waals surface area contributed by atoms with Crippen LogP contribution in [0.5, 0.6) is 0 Å². The van der Waals surface area contributed by atoms with Gasteiger partial charge in [-0.2, -0.15) is 0 Å². The first-order valence-corrected chi connectivity index (χ1v) is 8.04. The summed E-state index contributed by atoms with van der Waals surface area (Å²) in [7, 11) is 0. The van der Waals surface area contributed by atoms with Crippen LogP contribution in [0.15, 0.2) is 29.8 Å². The number of benzene rings is 1. The largest absolute Gasteiger partial charge is 0.347 e. The molecule has 2 aromatic rings. The quantitative estimate of drug-likeness (QED) is 0.948. The Labute approximate surface area is 128 Å². The third-order valence-corrected chi connectivity index (χ3v) is 4.67. The number of hydrogen-bond acceptors (Lipinski definition) is 4. The van der Waals surface area contributed by atoms with Gasteiger partial charge >= 0.3 is 0 Å². The van der Waals surface area contributed by atoms with Crippen molar-refractivity contribution in [3.05, 3.63) is 46.5 Å². The van der Waals surface area contributed by atoms with Crippen LogP contribution in [0.3, 0.4) is 0 Å². The summed E-state index contributed by atoms with van der Waals surface area (Å²) in [5, 5.41) is 6.17. The van der Waals surface area contributed by atoms with Crippen LogP contribution in [0.1, 0.15) is 27.9 Å². The zero-order valence-electron chi connectivity index (χ0n) is 12.3. The fraction of sp³-hybridized carbons (Fsp3) is 0.375. The van der Waals surface area contributed by atoms with E-state index in [2.05, 4.69) is 15.2 Å². The van der Waals surface area contributed by atoms with Crippen LogP contribution in [-0.4, -0.2) is 30.0 Å². The molecule has 1 aromatic carbocycles. The number of aromatic nitrogens is 1. The summed E-state index contributed by atoms with van der Waals surface area (Å²) in [5.74, 6) is 0.0264. The van der Waals surface area contributed by atoms with E-state index < -0.39 is 0 Å². The molecule has 3 rings (SSSR count). The molecule has 5 heteroatoms. The second kappa shape index (κ2) is 5.85. The lowest BCUT2D eigenvalue weighted by Crippen LogP contribution is -2.37. The Morgan fingerprint density at radius 3 is 3.00 bits per heavy atom. The molecule has 110 valence electrons. The molecule has 0 spiro atoms. The number of anilines is 1. The van der Waals surface area contributed by atoms with Crippen LogP contribution in [0.2, 0.25) is 0 Å². The summed E-state index contributed by atoms with van der Waals surface area (Å²) in [6.07, 6.45) is 2.79. The highest BCUT2D eigenvalue weighted by molar-refractivity contribution is 7.13. The van der Waals surface area contributed by atoms with E-state index in [1.54, 1.807) is 11.3 Å². The number of nitrogens with zero attached hydrogens (tertiary/aromatic N) is 2. The minimum atomic E-state index is 0.0264. The fourth-order valence-electron chi connectivity index (χ4n) is 2.76. The Morgan fingerprint density at radius 1 is 1.43 bits per heavy atom. The number of rotatable bonds is 3. The van der Waals surface area contributed by atoms with Crippen molar-refractivity contribution in [1.82, 2.24) is 10.3 Å². The number of carbonyl (C=O) groups excluding carboxylic acids is 1. The van der Waals surface area contributed by atoms with Gasteiger partial charge in [-0.15, -0.1) is 11.3 Å². The molecule has 1 atom stereocenters. The van der Waals surface area contributed by atoms with Crippen molar-refractivity contribution < 1.29 is 4.79 Å². The van der Waals surface area contributed by atoms with Gasteiger partial charge < -0.3 is 10.2 Å². The van der Waals surface area contributed by atoms with Gasteiger partial charge in [0.2, 0.25) is 0 Å². The monoisotopic (exact) mass is 301 g/mol. The van der Waals surface area contributed by atoms with Gasteiger partial charge in [-0.3, -0.25) is 4.79 Å². The van der Waals surface area contributed by atoms with E-state index in [9.17, 15) is 4.79 Å². The highest BCUT2D eigenvalue weighted by Gasteiger charge is 2.25. The van der Waals surface area contributed by atoms with E-state index in [0.717, 1.165) is 35.8 Å². The summed E-state index contributed by atoms with van der Waals surface area (Å²) in [4.78, 5) is 18.9. The average Bonchev–Trinajstić information content (AvgIpc) is 3.08. The maximum Gasteiger partial charge on any atom is 0.251 e. The molecule has 0 bridgehead atoms.